The van der Waals surface area contributed by atoms with E-state index in [1.54, 1.807) is 7.11 Å². The molecule has 0 spiro atoms. The van der Waals surface area contributed by atoms with Gasteiger partial charge in [0.1, 0.15) is 17.4 Å². The fourth-order valence-electron chi connectivity index (χ4n) is 1.45. The molecule has 0 amide bonds. The normalized spacial score (nSPS) is 9.94. The lowest BCUT2D eigenvalue weighted by molar-refractivity contribution is 0.412. The van der Waals surface area contributed by atoms with E-state index in [-0.39, 0.29) is 0 Å². The highest BCUT2D eigenvalue weighted by Gasteiger charge is 2.16. The van der Waals surface area contributed by atoms with Gasteiger partial charge in [0.25, 0.3) is 0 Å². The molecular weight excluding hydrogens is 236 g/mol. The highest BCUT2D eigenvalue weighted by Crippen LogP contribution is 2.30. The highest BCUT2D eigenvalue weighted by molar-refractivity contribution is 7.98. The molecule has 4 nitrogen and oxygen atoms in total. The number of rotatable bonds is 3. The maximum atomic E-state index is 9.09. The van der Waals surface area contributed by atoms with Crippen molar-refractivity contribution in [1.82, 2.24) is 5.16 Å². The first-order valence-electron chi connectivity index (χ1n) is 4.88. The molecule has 5 heteroatoms. The minimum atomic E-state index is 0.475. The van der Waals surface area contributed by atoms with Crippen molar-refractivity contribution < 1.29 is 9.26 Å². The van der Waals surface area contributed by atoms with Crippen molar-refractivity contribution in [3.05, 3.63) is 29.8 Å². The minimum Gasteiger partial charge on any atom is -0.497 e. The topological polar surface area (TPSA) is 59.1 Å². The Labute approximate surface area is 103 Å². The van der Waals surface area contributed by atoms with Crippen LogP contribution >= 0.6 is 11.8 Å². The summed E-state index contributed by atoms with van der Waals surface area (Å²) in [5.41, 5.74) is 1.29. The number of aromatic nitrogens is 1. The Hall–Kier alpha value is -1.93. The van der Waals surface area contributed by atoms with E-state index in [0.29, 0.717) is 16.3 Å². The standard InChI is InChI=1S/C12H10N2O2S/c1-15-9-5-3-8(4-6-9)11-10(7-13)12(17-2)14-16-11/h3-6H,1-2H3. The summed E-state index contributed by atoms with van der Waals surface area (Å²) in [4.78, 5) is 0. The Morgan fingerprint density at radius 2 is 2.06 bits per heavy atom. The number of nitrogens with zero attached hydrogens (tertiary/aromatic N) is 2. The third-order valence-electron chi connectivity index (χ3n) is 2.32. The summed E-state index contributed by atoms with van der Waals surface area (Å²) in [6.45, 7) is 0. The zero-order valence-corrected chi connectivity index (χ0v) is 10.2. The molecule has 2 rings (SSSR count). The molecule has 0 N–H and O–H groups in total. The lowest BCUT2D eigenvalue weighted by Crippen LogP contribution is -1.83. The van der Waals surface area contributed by atoms with E-state index in [2.05, 4.69) is 11.2 Å². The van der Waals surface area contributed by atoms with Gasteiger partial charge >= 0.3 is 0 Å². The van der Waals surface area contributed by atoms with Gasteiger partial charge < -0.3 is 9.26 Å². The first-order valence-corrected chi connectivity index (χ1v) is 6.10. The first kappa shape index (κ1) is 11.6. The van der Waals surface area contributed by atoms with Crippen molar-refractivity contribution >= 4 is 11.8 Å². The predicted molar refractivity (Wildman–Crippen MR) is 65.0 cm³/mol. The Morgan fingerprint density at radius 1 is 1.35 bits per heavy atom. The molecule has 17 heavy (non-hydrogen) atoms. The van der Waals surface area contributed by atoms with Crippen LogP contribution < -0.4 is 4.74 Å². The van der Waals surface area contributed by atoms with Crippen LogP contribution in [-0.4, -0.2) is 18.5 Å². The average molecular weight is 246 g/mol. The van der Waals surface area contributed by atoms with Crippen LogP contribution in [0.5, 0.6) is 5.75 Å². The lowest BCUT2D eigenvalue weighted by atomic mass is 10.1. The number of hydrogen-bond donors (Lipinski definition) is 0. The molecule has 0 saturated heterocycles. The molecule has 2 aromatic rings. The number of ether oxygens (including phenoxy) is 1. The summed E-state index contributed by atoms with van der Waals surface area (Å²) >= 11 is 1.39. The Balaban J connectivity index is 2.46. The lowest BCUT2D eigenvalue weighted by Gasteiger charge is -2.00. The van der Waals surface area contributed by atoms with Crippen LogP contribution in [0.25, 0.3) is 11.3 Å². The first-order chi connectivity index (χ1) is 8.30. The number of methoxy groups -OCH3 is 1. The number of thioether (sulfide) groups is 1. The number of benzene rings is 1. The molecule has 0 radical (unpaired) electrons. The molecule has 0 aliphatic carbocycles. The van der Waals surface area contributed by atoms with Crippen LogP contribution in [0.2, 0.25) is 0 Å². The van der Waals surface area contributed by atoms with Gasteiger partial charge in [0, 0.05) is 5.56 Å². The maximum absolute atomic E-state index is 9.09. The summed E-state index contributed by atoms with van der Waals surface area (Å²) in [6.07, 6.45) is 1.86. The molecular formula is C12H10N2O2S. The Kier molecular flexibility index (Phi) is 3.35. The van der Waals surface area contributed by atoms with Gasteiger partial charge in [-0.05, 0) is 30.5 Å². The van der Waals surface area contributed by atoms with Crippen molar-refractivity contribution in [2.24, 2.45) is 0 Å². The summed E-state index contributed by atoms with van der Waals surface area (Å²) < 4.78 is 10.3. The predicted octanol–water partition coefficient (Wildman–Crippen LogP) is 2.94. The van der Waals surface area contributed by atoms with Crippen LogP contribution in [-0.2, 0) is 0 Å². The quantitative estimate of drug-likeness (QED) is 0.779. The van der Waals surface area contributed by atoms with E-state index in [9.17, 15) is 0 Å². The minimum absolute atomic E-state index is 0.475. The van der Waals surface area contributed by atoms with E-state index in [4.69, 9.17) is 14.5 Å². The van der Waals surface area contributed by atoms with E-state index in [0.717, 1.165) is 11.3 Å². The van der Waals surface area contributed by atoms with E-state index in [1.807, 2.05) is 30.5 Å². The fourth-order valence-corrected chi connectivity index (χ4v) is 1.91. The third-order valence-corrected chi connectivity index (χ3v) is 2.98. The maximum Gasteiger partial charge on any atom is 0.185 e. The van der Waals surface area contributed by atoms with Crippen molar-refractivity contribution in [2.45, 2.75) is 5.03 Å². The van der Waals surface area contributed by atoms with Gasteiger partial charge in [0.2, 0.25) is 0 Å². The molecule has 1 aromatic carbocycles. The molecule has 0 aliphatic heterocycles. The fraction of sp³-hybridized carbons (Fsp3) is 0.167. The summed E-state index contributed by atoms with van der Waals surface area (Å²) in [5, 5.41) is 13.6. The molecule has 1 heterocycles. The van der Waals surface area contributed by atoms with Gasteiger partial charge in [-0.1, -0.05) is 5.16 Å². The molecule has 86 valence electrons. The zero-order valence-electron chi connectivity index (χ0n) is 9.43. The van der Waals surface area contributed by atoms with Crippen LogP contribution in [0.15, 0.2) is 33.8 Å². The SMILES string of the molecule is COc1ccc(-c2onc(SC)c2C#N)cc1. The second-order valence-electron chi connectivity index (χ2n) is 3.24. The molecule has 0 aliphatic rings. The largest absolute Gasteiger partial charge is 0.497 e. The zero-order chi connectivity index (χ0) is 12.3. The second kappa shape index (κ2) is 4.93. The van der Waals surface area contributed by atoms with Gasteiger partial charge in [-0.2, -0.15) is 5.26 Å². The van der Waals surface area contributed by atoms with Crippen molar-refractivity contribution in [3.63, 3.8) is 0 Å². The van der Waals surface area contributed by atoms with Crippen LogP contribution in [0.3, 0.4) is 0 Å². The highest BCUT2D eigenvalue weighted by atomic mass is 32.2. The van der Waals surface area contributed by atoms with Gasteiger partial charge in [0.15, 0.2) is 10.8 Å². The Morgan fingerprint density at radius 3 is 2.59 bits per heavy atom. The van der Waals surface area contributed by atoms with Crippen molar-refractivity contribution in [1.29, 1.82) is 5.26 Å². The van der Waals surface area contributed by atoms with E-state index < -0.39 is 0 Å². The van der Waals surface area contributed by atoms with E-state index >= 15 is 0 Å². The number of hydrogen-bond acceptors (Lipinski definition) is 5. The third kappa shape index (κ3) is 2.12. The van der Waals surface area contributed by atoms with Crippen LogP contribution in [0, 0.1) is 11.3 Å². The van der Waals surface area contributed by atoms with Crippen LogP contribution in [0.4, 0.5) is 0 Å². The number of nitriles is 1. The van der Waals surface area contributed by atoms with Gasteiger partial charge in [-0.3, -0.25) is 0 Å². The summed E-state index contributed by atoms with van der Waals surface area (Å²) in [5.74, 6) is 1.26. The van der Waals surface area contributed by atoms with E-state index in [1.165, 1.54) is 11.8 Å². The monoisotopic (exact) mass is 246 g/mol. The average Bonchev–Trinajstić information content (AvgIpc) is 2.81. The smallest absolute Gasteiger partial charge is 0.185 e. The van der Waals surface area contributed by atoms with Crippen LogP contribution in [0.1, 0.15) is 5.56 Å². The molecule has 0 atom stereocenters. The summed E-state index contributed by atoms with van der Waals surface area (Å²) in [6, 6.07) is 9.42. The van der Waals surface area contributed by atoms with Gasteiger partial charge in [-0.25, -0.2) is 0 Å². The molecule has 0 fully saturated rings. The van der Waals surface area contributed by atoms with Crippen molar-refractivity contribution in [3.8, 4) is 23.1 Å². The van der Waals surface area contributed by atoms with Crippen molar-refractivity contribution in [2.75, 3.05) is 13.4 Å². The summed E-state index contributed by atoms with van der Waals surface area (Å²) in [7, 11) is 1.61. The Bertz CT molecular complexity index is 555. The molecule has 0 unspecified atom stereocenters. The molecule has 1 aromatic heterocycles. The molecule has 0 bridgehead atoms. The second-order valence-corrected chi connectivity index (χ2v) is 4.03. The van der Waals surface area contributed by atoms with Gasteiger partial charge in [-0.15, -0.1) is 11.8 Å². The molecule has 0 saturated carbocycles. The van der Waals surface area contributed by atoms with Gasteiger partial charge in [0.05, 0.1) is 7.11 Å².